The molecule has 214 valence electrons. The van der Waals surface area contributed by atoms with Crippen LogP contribution in [0.2, 0.25) is 0 Å². The standard InChI is InChI=1S/C30H22F8N2O/c31-23-13-21(7-8-22(23)20-11-26(34)29(36)27(35)12-20)41-30(37,38)28-24(32)9-19(10-25(28)33)18-5-3-16(4-6-18)1-2-17(14-39)15-40/h3-14,17,39H,1-2,15,40H2. The zero-order valence-electron chi connectivity index (χ0n) is 21.1. The molecule has 4 aromatic carbocycles. The van der Waals surface area contributed by atoms with Crippen LogP contribution in [0.3, 0.4) is 0 Å². The maximum Gasteiger partial charge on any atom is 0.432 e. The van der Waals surface area contributed by atoms with Gasteiger partial charge in [0.05, 0.1) is 0 Å². The highest BCUT2D eigenvalue weighted by Gasteiger charge is 2.41. The molecule has 0 aliphatic heterocycles. The normalized spacial score (nSPS) is 12.3. The SMILES string of the molecule is N=CC(CN)CCc1ccc(-c2cc(F)c(C(F)(F)Oc3ccc(-c4cc(F)c(F)c(F)c4)c(F)c3)c(F)c2)cc1. The van der Waals surface area contributed by atoms with Crippen molar-refractivity contribution in [3.8, 4) is 28.0 Å². The average Bonchev–Trinajstić information content (AvgIpc) is 2.91. The predicted molar refractivity (Wildman–Crippen MR) is 138 cm³/mol. The van der Waals surface area contributed by atoms with Gasteiger partial charge in [-0.2, -0.15) is 8.78 Å². The molecule has 1 atom stereocenters. The second-order valence-corrected chi connectivity index (χ2v) is 9.23. The fourth-order valence-corrected chi connectivity index (χ4v) is 4.21. The molecule has 4 aromatic rings. The number of halogens is 8. The molecule has 0 saturated carbocycles. The Balaban J connectivity index is 1.54. The summed E-state index contributed by atoms with van der Waals surface area (Å²) in [6.07, 6.45) is -2.05. The third-order valence-corrected chi connectivity index (χ3v) is 6.44. The third-order valence-electron chi connectivity index (χ3n) is 6.44. The highest BCUT2D eigenvalue weighted by atomic mass is 19.3. The Morgan fingerprint density at radius 3 is 1.85 bits per heavy atom. The number of benzene rings is 4. The van der Waals surface area contributed by atoms with E-state index in [0.717, 1.165) is 17.7 Å². The Labute approximate surface area is 229 Å². The zero-order chi connectivity index (χ0) is 29.9. The molecule has 0 aliphatic rings. The van der Waals surface area contributed by atoms with Gasteiger partial charge >= 0.3 is 6.11 Å². The van der Waals surface area contributed by atoms with Gasteiger partial charge in [-0.15, -0.1) is 0 Å². The van der Waals surface area contributed by atoms with Crippen LogP contribution in [0.1, 0.15) is 17.5 Å². The van der Waals surface area contributed by atoms with Crippen LogP contribution in [0.5, 0.6) is 5.75 Å². The maximum absolute atomic E-state index is 14.9. The molecule has 0 aliphatic carbocycles. The van der Waals surface area contributed by atoms with Crippen molar-refractivity contribution in [3.63, 3.8) is 0 Å². The van der Waals surface area contributed by atoms with Gasteiger partial charge in [0.25, 0.3) is 0 Å². The summed E-state index contributed by atoms with van der Waals surface area (Å²) in [5.41, 5.74) is 4.23. The van der Waals surface area contributed by atoms with Crippen LogP contribution in [-0.2, 0) is 12.5 Å². The molecule has 0 radical (unpaired) electrons. The first-order valence-electron chi connectivity index (χ1n) is 12.2. The van der Waals surface area contributed by atoms with Crippen LogP contribution in [0.4, 0.5) is 35.1 Å². The Kier molecular flexibility index (Phi) is 8.77. The first-order valence-corrected chi connectivity index (χ1v) is 12.2. The Bertz CT molecular complexity index is 1530. The van der Waals surface area contributed by atoms with E-state index in [-0.39, 0.29) is 11.5 Å². The van der Waals surface area contributed by atoms with Crippen molar-refractivity contribution < 1.29 is 39.9 Å². The molecule has 0 saturated heterocycles. The monoisotopic (exact) mass is 578 g/mol. The van der Waals surface area contributed by atoms with Gasteiger partial charge in [-0.1, -0.05) is 24.3 Å². The topological polar surface area (TPSA) is 59.1 Å². The predicted octanol–water partition coefficient (Wildman–Crippen LogP) is 8.14. The number of rotatable bonds is 10. The van der Waals surface area contributed by atoms with Crippen molar-refractivity contribution in [2.45, 2.75) is 19.0 Å². The molecule has 0 amide bonds. The second kappa shape index (κ2) is 12.1. The van der Waals surface area contributed by atoms with Crippen LogP contribution in [-0.4, -0.2) is 12.8 Å². The summed E-state index contributed by atoms with van der Waals surface area (Å²) < 4.78 is 119. The number of nitrogens with two attached hydrogens (primary N) is 1. The lowest BCUT2D eigenvalue weighted by Gasteiger charge is -2.20. The molecule has 0 spiro atoms. The lowest BCUT2D eigenvalue weighted by molar-refractivity contribution is -0.189. The highest BCUT2D eigenvalue weighted by Crippen LogP contribution is 2.38. The summed E-state index contributed by atoms with van der Waals surface area (Å²) in [7, 11) is 0. The average molecular weight is 579 g/mol. The molecule has 41 heavy (non-hydrogen) atoms. The van der Waals surface area contributed by atoms with Crippen molar-refractivity contribution in [1.82, 2.24) is 0 Å². The number of hydrogen-bond acceptors (Lipinski definition) is 3. The fraction of sp³-hybridized carbons (Fsp3) is 0.167. The fourth-order valence-electron chi connectivity index (χ4n) is 4.21. The van der Waals surface area contributed by atoms with E-state index in [0.29, 0.717) is 55.3 Å². The highest BCUT2D eigenvalue weighted by molar-refractivity contribution is 5.66. The van der Waals surface area contributed by atoms with E-state index in [4.69, 9.17) is 11.1 Å². The molecule has 11 heteroatoms. The minimum absolute atomic E-state index is 0.0143. The summed E-state index contributed by atoms with van der Waals surface area (Å²) in [6.45, 7) is 0.333. The molecular formula is C30H22F8N2O. The Hall–Kier alpha value is -4.25. The van der Waals surface area contributed by atoms with Gasteiger partial charge in [-0.05, 0) is 77.7 Å². The van der Waals surface area contributed by atoms with Crippen molar-refractivity contribution >= 4 is 6.21 Å². The van der Waals surface area contributed by atoms with Gasteiger partial charge in [0.15, 0.2) is 17.5 Å². The molecule has 0 bridgehead atoms. The Morgan fingerprint density at radius 1 is 0.732 bits per heavy atom. The molecule has 1 unspecified atom stereocenters. The van der Waals surface area contributed by atoms with Crippen LogP contribution >= 0.6 is 0 Å². The summed E-state index contributed by atoms with van der Waals surface area (Å²) >= 11 is 0. The molecule has 0 aromatic heterocycles. The van der Waals surface area contributed by atoms with Gasteiger partial charge in [0.1, 0.15) is 28.8 Å². The second-order valence-electron chi connectivity index (χ2n) is 9.23. The van der Waals surface area contributed by atoms with Crippen molar-refractivity contribution in [2.24, 2.45) is 11.7 Å². The van der Waals surface area contributed by atoms with Crippen LogP contribution in [0.15, 0.2) is 66.7 Å². The molecule has 0 heterocycles. The number of aryl methyl sites for hydroxylation is 1. The van der Waals surface area contributed by atoms with Gasteiger partial charge in [0, 0.05) is 24.1 Å². The van der Waals surface area contributed by atoms with Crippen LogP contribution in [0.25, 0.3) is 22.3 Å². The first kappa shape index (κ1) is 29.7. The van der Waals surface area contributed by atoms with Gasteiger partial charge in [-0.3, -0.25) is 0 Å². The lowest BCUT2D eigenvalue weighted by Crippen LogP contribution is -2.25. The van der Waals surface area contributed by atoms with E-state index < -0.39 is 63.5 Å². The summed E-state index contributed by atoms with van der Waals surface area (Å²) in [5, 5.41) is 7.32. The molecule has 3 nitrogen and oxygen atoms in total. The minimum atomic E-state index is -4.58. The van der Waals surface area contributed by atoms with E-state index in [9.17, 15) is 35.1 Å². The largest absolute Gasteiger partial charge is 0.432 e. The minimum Gasteiger partial charge on any atom is -0.429 e. The summed E-state index contributed by atoms with van der Waals surface area (Å²) in [5.74, 6) is -10.3. The smallest absolute Gasteiger partial charge is 0.429 e. The van der Waals surface area contributed by atoms with E-state index in [2.05, 4.69) is 4.74 Å². The van der Waals surface area contributed by atoms with E-state index in [1.807, 2.05) is 0 Å². The number of hydrogen-bond donors (Lipinski definition) is 2. The van der Waals surface area contributed by atoms with Gasteiger partial charge in [-0.25, -0.2) is 26.3 Å². The van der Waals surface area contributed by atoms with Crippen LogP contribution in [0, 0.1) is 46.2 Å². The summed E-state index contributed by atoms with van der Waals surface area (Å²) in [6, 6.07) is 11.1. The first-order chi connectivity index (χ1) is 19.4. The zero-order valence-corrected chi connectivity index (χ0v) is 21.1. The summed E-state index contributed by atoms with van der Waals surface area (Å²) in [4.78, 5) is 0. The molecule has 0 fully saturated rings. The molecule has 3 N–H and O–H groups in total. The van der Waals surface area contributed by atoms with E-state index in [1.54, 1.807) is 24.3 Å². The van der Waals surface area contributed by atoms with Crippen molar-refractivity contribution in [3.05, 3.63) is 113 Å². The Morgan fingerprint density at radius 2 is 1.32 bits per heavy atom. The third kappa shape index (κ3) is 6.57. The van der Waals surface area contributed by atoms with Crippen molar-refractivity contribution in [1.29, 1.82) is 5.41 Å². The van der Waals surface area contributed by atoms with E-state index in [1.165, 1.54) is 6.21 Å². The maximum atomic E-state index is 14.9. The van der Waals surface area contributed by atoms with Gasteiger partial charge in [0.2, 0.25) is 0 Å². The lowest BCUT2D eigenvalue weighted by atomic mass is 9.97. The quantitative estimate of drug-likeness (QED) is 0.113. The molecular weight excluding hydrogens is 556 g/mol. The molecule has 4 rings (SSSR count). The van der Waals surface area contributed by atoms with Crippen molar-refractivity contribution in [2.75, 3.05) is 6.54 Å². The number of alkyl halides is 2. The number of nitrogens with one attached hydrogen (secondary N) is 1. The van der Waals surface area contributed by atoms with Crippen LogP contribution < -0.4 is 10.5 Å². The number of ether oxygens (including phenoxy) is 1. The van der Waals surface area contributed by atoms with Gasteiger partial charge < -0.3 is 15.9 Å². The van der Waals surface area contributed by atoms with E-state index >= 15 is 0 Å².